The van der Waals surface area contributed by atoms with Gasteiger partial charge in [0.25, 0.3) is 5.56 Å². The molecular weight excluding hydrogens is 262 g/mol. The van der Waals surface area contributed by atoms with Gasteiger partial charge in [-0.1, -0.05) is 13.0 Å². The number of nitrogens with zero attached hydrogens (tertiary/aromatic N) is 2. The molecule has 1 aliphatic carbocycles. The van der Waals surface area contributed by atoms with Crippen molar-refractivity contribution >= 4 is 5.69 Å². The number of fused-ring (bicyclic) bond motifs is 1. The molecule has 110 valence electrons. The number of nitrogens with one attached hydrogen (secondary N) is 1. The first-order chi connectivity index (χ1) is 10.3. The Morgan fingerprint density at radius 3 is 3.05 bits per heavy atom. The van der Waals surface area contributed by atoms with Crippen LogP contribution in [0.25, 0.3) is 0 Å². The highest BCUT2D eigenvalue weighted by molar-refractivity contribution is 5.43. The van der Waals surface area contributed by atoms with Gasteiger partial charge in [-0.25, -0.2) is 0 Å². The van der Waals surface area contributed by atoms with E-state index in [1.807, 2.05) is 29.0 Å². The van der Waals surface area contributed by atoms with Crippen molar-refractivity contribution in [1.82, 2.24) is 9.55 Å². The van der Waals surface area contributed by atoms with Crippen molar-refractivity contribution in [2.75, 3.05) is 11.9 Å². The van der Waals surface area contributed by atoms with Gasteiger partial charge in [0.15, 0.2) is 0 Å². The third kappa shape index (κ3) is 2.99. The highest BCUT2D eigenvalue weighted by atomic mass is 16.1. The molecule has 0 atom stereocenters. The summed E-state index contributed by atoms with van der Waals surface area (Å²) in [4.78, 5) is 16.6. The summed E-state index contributed by atoms with van der Waals surface area (Å²) in [5, 5.41) is 3.36. The summed E-state index contributed by atoms with van der Waals surface area (Å²) >= 11 is 0. The smallest absolute Gasteiger partial charge is 0.251 e. The Morgan fingerprint density at radius 2 is 2.19 bits per heavy atom. The number of hydrogen-bond acceptors (Lipinski definition) is 3. The Balaban J connectivity index is 1.87. The molecule has 2 heterocycles. The van der Waals surface area contributed by atoms with E-state index in [0.29, 0.717) is 6.54 Å². The fraction of sp³-hybridized carbons (Fsp3) is 0.412. The highest BCUT2D eigenvalue weighted by Gasteiger charge is 2.16. The first-order valence-electron chi connectivity index (χ1n) is 7.68. The van der Waals surface area contributed by atoms with Gasteiger partial charge in [0.1, 0.15) is 0 Å². The van der Waals surface area contributed by atoms with Gasteiger partial charge in [-0.15, -0.1) is 0 Å². The molecule has 0 fully saturated rings. The lowest BCUT2D eigenvalue weighted by Gasteiger charge is -2.12. The standard InChI is InChI=1S/C17H21N3O/c1-2-9-18-14-8-10-19-15(11-14)12-20-16-5-3-4-13(16)6-7-17(20)21/h6-8,10-11H,2-5,9,12H2,1H3,(H,18,19). The molecule has 4 nitrogen and oxygen atoms in total. The summed E-state index contributed by atoms with van der Waals surface area (Å²) in [6.45, 7) is 3.65. The molecule has 0 radical (unpaired) electrons. The minimum Gasteiger partial charge on any atom is -0.385 e. The average molecular weight is 283 g/mol. The lowest BCUT2D eigenvalue weighted by atomic mass is 10.2. The van der Waals surface area contributed by atoms with E-state index in [-0.39, 0.29) is 5.56 Å². The fourth-order valence-electron chi connectivity index (χ4n) is 2.91. The molecule has 0 saturated heterocycles. The van der Waals surface area contributed by atoms with Crippen LogP contribution < -0.4 is 10.9 Å². The first kappa shape index (κ1) is 13.9. The number of rotatable bonds is 5. The Bertz CT molecular complexity index is 691. The highest BCUT2D eigenvalue weighted by Crippen LogP contribution is 2.20. The van der Waals surface area contributed by atoms with Crippen LogP contribution in [0.4, 0.5) is 5.69 Å². The molecule has 0 spiro atoms. The Hall–Kier alpha value is -2.10. The summed E-state index contributed by atoms with van der Waals surface area (Å²) in [6.07, 6.45) is 6.12. The van der Waals surface area contributed by atoms with Gasteiger partial charge in [0.2, 0.25) is 0 Å². The Labute approximate surface area is 124 Å². The van der Waals surface area contributed by atoms with Crippen LogP contribution >= 0.6 is 0 Å². The lowest BCUT2D eigenvalue weighted by Crippen LogP contribution is -2.23. The molecule has 2 aromatic heterocycles. The zero-order valence-corrected chi connectivity index (χ0v) is 12.4. The van der Waals surface area contributed by atoms with Gasteiger partial charge in [-0.2, -0.15) is 0 Å². The predicted molar refractivity (Wildman–Crippen MR) is 84.8 cm³/mol. The van der Waals surface area contributed by atoms with Crippen molar-refractivity contribution in [2.45, 2.75) is 39.2 Å². The van der Waals surface area contributed by atoms with Gasteiger partial charge in [-0.05, 0) is 43.4 Å². The number of aromatic nitrogens is 2. The third-order valence-corrected chi connectivity index (χ3v) is 3.97. The number of pyridine rings is 2. The van der Waals surface area contributed by atoms with Crippen molar-refractivity contribution < 1.29 is 0 Å². The minimum absolute atomic E-state index is 0.0735. The summed E-state index contributed by atoms with van der Waals surface area (Å²) in [7, 11) is 0. The fourth-order valence-corrected chi connectivity index (χ4v) is 2.91. The van der Waals surface area contributed by atoms with E-state index in [0.717, 1.165) is 43.6 Å². The molecule has 0 aromatic carbocycles. The Kier molecular flexibility index (Phi) is 4.04. The van der Waals surface area contributed by atoms with Crippen LogP contribution in [-0.4, -0.2) is 16.1 Å². The molecule has 0 aliphatic heterocycles. The monoisotopic (exact) mass is 283 g/mol. The summed E-state index contributed by atoms with van der Waals surface area (Å²) in [5.41, 5.74) is 4.58. The van der Waals surface area contributed by atoms with Crippen molar-refractivity contribution in [3.63, 3.8) is 0 Å². The normalized spacial score (nSPS) is 13.2. The van der Waals surface area contributed by atoms with Crippen LogP contribution in [0.5, 0.6) is 0 Å². The summed E-state index contributed by atoms with van der Waals surface area (Å²) < 4.78 is 1.88. The first-order valence-corrected chi connectivity index (χ1v) is 7.68. The van der Waals surface area contributed by atoms with Crippen molar-refractivity contribution in [3.8, 4) is 0 Å². The maximum Gasteiger partial charge on any atom is 0.251 e. The maximum atomic E-state index is 12.2. The van der Waals surface area contributed by atoms with E-state index in [4.69, 9.17) is 0 Å². The van der Waals surface area contributed by atoms with Crippen molar-refractivity contribution in [2.24, 2.45) is 0 Å². The van der Waals surface area contributed by atoms with E-state index < -0.39 is 0 Å². The average Bonchev–Trinajstić information content (AvgIpc) is 2.97. The maximum absolute atomic E-state index is 12.2. The third-order valence-electron chi connectivity index (χ3n) is 3.97. The Morgan fingerprint density at radius 1 is 1.29 bits per heavy atom. The van der Waals surface area contributed by atoms with Crippen LogP contribution in [0.1, 0.15) is 36.7 Å². The molecule has 2 aromatic rings. The van der Waals surface area contributed by atoms with Gasteiger partial charge in [-0.3, -0.25) is 9.78 Å². The summed E-state index contributed by atoms with van der Waals surface area (Å²) in [5.74, 6) is 0. The molecule has 3 rings (SSSR count). The minimum atomic E-state index is 0.0735. The van der Waals surface area contributed by atoms with E-state index >= 15 is 0 Å². The van der Waals surface area contributed by atoms with E-state index in [1.165, 1.54) is 11.3 Å². The lowest BCUT2D eigenvalue weighted by molar-refractivity contribution is 0.693. The van der Waals surface area contributed by atoms with E-state index in [9.17, 15) is 4.79 Å². The molecule has 0 unspecified atom stereocenters. The van der Waals surface area contributed by atoms with Gasteiger partial charge in [0.05, 0.1) is 12.2 Å². The van der Waals surface area contributed by atoms with Crippen LogP contribution in [-0.2, 0) is 19.4 Å². The molecule has 4 heteroatoms. The zero-order chi connectivity index (χ0) is 14.7. The molecular formula is C17H21N3O. The topological polar surface area (TPSA) is 46.9 Å². The number of aryl methyl sites for hydroxylation is 1. The molecule has 21 heavy (non-hydrogen) atoms. The van der Waals surface area contributed by atoms with Crippen LogP contribution in [0.3, 0.4) is 0 Å². The SMILES string of the molecule is CCCNc1ccnc(Cn2c3c(ccc2=O)CCC3)c1. The van der Waals surface area contributed by atoms with E-state index in [1.54, 1.807) is 6.07 Å². The summed E-state index contributed by atoms with van der Waals surface area (Å²) in [6, 6.07) is 7.67. The number of anilines is 1. The van der Waals surface area contributed by atoms with Gasteiger partial charge < -0.3 is 9.88 Å². The largest absolute Gasteiger partial charge is 0.385 e. The molecule has 1 aliphatic rings. The van der Waals surface area contributed by atoms with Crippen LogP contribution in [0.15, 0.2) is 35.3 Å². The van der Waals surface area contributed by atoms with Crippen molar-refractivity contribution in [1.29, 1.82) is 0 Å². The quantitative estimate of drug-likeness (QED) is 0.917. The van der Waals surface area contributed by atoms with E-state index in [2.05, 4.69) is 17.2 Å². The second-order valence-corrected chi connectivity index (χ2v) is 5.55. The molecule has 0 saturated carbocycles. The molecule has 0 amide bonds. The zero-order valence-electron chi connectivity index (χ0n) is 12.4. The van der Waals surface area contributed by atoms with Crippen LogP contribution in [0, 0.1) is 0 Å². The van der Waals surface area contributed by atoms with Gasteiger partial charge in [0, 0.05) is 30.2 Å². The second kappa shape index (κ2) is 6.12. The molecule has 0 bridgehead atoms. The molecule has 1 N–H and O–H groups in total. The number of hydrogen-bond donors (Lipinski definition) is 1. The van der Waals surface area contributed by atoms with Crippen molar-refractivity contribution in [3.05, 3.63) is 57.8 Å². The van der Waals surface area contributed by atoms with Crippen LogP contribution in [0.2, 0.25) is 0 Å². The second-order valence-electron chi connectivity index (χ2n) is 5.55. The predicted octanol–water partition coefficient (Wildman–Crippen LogP) is 2.60. The van der Waals surface area contributed by atoms with Gasteiger partial charge >= 0.3 is 0 Å².